The molecule has 2 heterocycles. The third-order valence-electron chi connectivity index (χ3n) is 2.06. The maximum absolute atomic E-state index is 10.3. The fourth-order valence-electron chi connectivity index (χ4n) is 1.36. The summed E-state index contributed by atoms with van der Waals surface area (Å²) in [4.78, 5) is 9.83. The molecule has 0 aromatic carbocycles. The van der Waals surface area contributed by atoms with E-state index in [1.54, 1.807) is 10.9 Å². The summed E-state index contributed by atoms with van der Waals surface area (Å²) in [5.74, 6) is -0.105. The van der Waals surface area contributed by atoms with Gasteiger partial charge in [-0.05, 0) is 11.3 Å². The number of nitrogens with zero attached hydrogens (tertiary/aromatic N) is 3. The monoisotopic (exact) mass is 183 g/mol. The molecule has 0 aliphatic carbocycles. The Bertz CT molecular complexity index is 317. The van der Waals surface area contributed by atoms with E-state index in [0.29, 0.717) is 13.2 Å². The summed E-state index contributed by atoms with van der Waals surface area (Å²) in [5.41, 5.74) is 0. The first kappa shape index (κ1) is 8.18. The number of aromatic nitrogens is 2. The predicted molar refractivity (Wildman–Crippen MR) is 43.4 cm³/mol. The van der Waals surface area contributed by atoms with Crippen LogP contribution in [0.4, 0.5) is 5.82 Å². The Kier molecular flexibility index (Phi) is 1.97. The fourth-order valence-corrected chi connectivity index (χ4v) is 1.36. The highest BCUT2D eigenvalue weighted by Crippen LogP contribution is 2.19. The Hall–Kier alpha value is -1.43. The molecule has 0 N–H and O–H groups in total. The van der Waals surface area contributed by atoms with E-state index in [2.05, 4.69) is 5.10 Å². The smallest absolute Gasteiger partial charge is 0.379 e. The quantitative estimate of drug-likeness (QED) is 0.501. The van der Waals surface area contributed by atoms with E-state index in [1.165, 1.54) is 6.07 Å². The molecule has 13 heavy (non-hydrogen) atoms. The summed E-state index contributed by atoms with van der Waals surface area (Å²) < 4.78 is 6.75. The summed E-state index contributed by atoms with van der Waals surface area (Å²) in [6.45, 7) is 1.30. The number of nitro groups is 1. The van der Waals surface area contributed by atoms with Crippen LogP contribution in [0.15, 0.2) is 12.3 Å². The summed E-state index contributed by atoms with van der Waals surface area (Å²) in [5, 5.41) is 14.2. The van der Waals surface area contributed by atoms with Crippen molar-refractivity contribution in [2.45, 2.75) is 12.5 Å². The molecule has 1 saturated heterocycles. The normalized spacial score (nSPS) is 22.0. The van der Waals surface area contributed by atoms with Crippen molar-refractivity contribution in [3.8, 4) is 0 Å². The largest absolute Gasteiger partial charge is 0.389 e. The average Bonchev–Trinajstić information content (AvgIpc) is 2.75. The standard InChI is InChI=1S/C7H9N3O3/c11-10(12)7-1-3-9(8-7)6-2-4-13-5-6/h1,3,6H,2,4-5H2/t6-/m1/s1. The van der Waals surface area contributed by atoms with Gasteiger partial charge in [-0.1, -0.05) is 0 Å². The van der Waals surface area contributed by atoms with Gasteiger partial charge in [0.1, 0.15) is 0 Å². The maximum Gasteiger partial charge on any atom is 0.389 e. The number of rotatable bonds is 2. The highest BCUT2D eigenvalue weighted by Gasteiger charge is 2.22. The molecule has 1 atom stereocenters. The summed E-state index contributed by atoms with van der Waals surface area (Å²) >= 11 is 0. The van der Waals surface area contributed by atoms with Gasteiger partial charge >= 0.3 is 5.82 Å². The van der Waals surface area contributed by atoms with Crippen molar-refractivity contribution in [2.24, 2.45) is 0 Å². The summed E-state index contributed by atoms with van der Waals surface area (Å²) in [7, 11) is 0. The Morgan fingerprint density at radius 1 is 1.77 bits per heavy atom. The van der Waals surface area contributed by atoms with Crippen LogP contribution in [0.2, 0.25) is 0 Å². The van der Waals surface area contributed by atoms with Gasteiger partial charge in [0.2, 0.25) is 0 Å². The molecular weight excluding hydrogens is 174 g/mol. The second-order valence-corrected chi connectivity index (χ2v) is 2.93. The van der Waals surface area contributed by atoms with Crippen molar-refractivity contribution < 1.29 is 9.66 Å². The first-order valence-corrected chi connectivity index (χ1v) is 4.04. The zero-order valence-electron chi connectivity index (χ0n) is 6.92. The van der Waals surface area contributed by atoms with Crippen molar-refractivity contribution in [2.75, 3.05) is 13.2 Å². The maximum atomic E-state index is 10.3. The molecule has 1 fully saturated rings. The molecule has 2 rings (SSSR count). The Balaban J connectivity index is 2.16. The molecule has 6 heteroatoms. The minimum Gasteiger partial charge on any atom is -0.379 e. The van der Waals surface area contributed by atoms with Gasteiger partial charge in [-0.2, -0.15) is 4.68 Å². The highest BCUT2D eigenvalue weighted by atomic mass is 16.6. The van der Waals surface area contributed by atoms with Crippen LogP contribution < -0.4 is 0 Å². The molecule has 0 unspecified atom stereocenters. The van der Waals surface area contributed by atoms with Gasteiger partial charge < -0.3 is 14.9 Å². The lowest BCUT2D eigenvalue weighted by molar-refractivity contribution is -0.389. The van der Waals surface area contributed by atoms with Gasteiger partial charge in [-0.15, -0.1) is 0 Å². The number of hydrogen-bond donors (Lipinski definition) is 0. The zero-order chi connectivity index (χ0) is 9.26. The van der Waals surface area contributed by atoms with Gasteiger partial charge in [0.25, 0.3) is 0 Å². The topological polar surface area (TPSA) is 70.2 Å². The SMILES string of the molecule is O=[N+]([O-])c1ccn([C@@H]2CCOC2)n1. The van der Waals surface area contributed by atoms with Crippen molar-refractivity contribution >= 4 is 5.82 Å². The predicted octanol–water partition coefficient (Wildman–Crippen LogP) is 0.753. The van der Waals surface area contributed by atoms with Crippen LogP contribution in [-0.4, -0.2) is 27.9 Å². The van der Waals surface area contributed by atoms with Crippen molar-refractivity contribution in [3.63, 3.8) is 0 Å². The first-order valence-electron chi connectivity index (χ1n) is 4.04. The van der Waals surface area contributed by atoms with Crippen LogP contribution in [0.25, 0.3) is 0 Å². The number of ether oxygens (including phenoxy) is 1. The van der Waals surface area contributed by atoms with E-state index in [1.807, 2.05) is 0 Å². The van der Waals surface area contributed by atoms with E-state index in [0.717, 1.165) is 6.42 Å². The molecule has 6 nitrogen and oxygen atoms in total. The van der Waals surface area contributed by atoms with E-state index < -0.39 is 4.92 Å². The van der Waals surface area contributed by atoms with E-state index in [9.17, 15) is 10.1 Å². The minimum absolute atomic E-state index is 0.105. The average molecular weight is 183 g/mol. The molecule has 0 bridgehead atoms. The molecule has 0 radical (unpaired) electrons. The molecule has 0 spiro atoms. The van der Waals surface area contributed by atoms with Gasteiger partial charge in [0.15, 0.2) is 0 Å². The van der Waals surface area contributed by atoms with Crippen LogP contribution >= 0.6 is 0 Å². The molecule has 1 aliphatic heterocycles. The molecule has 0 amide bonds. The van der Waals surface area contributed by atoms with E-state index in [-0.39, 0.29) is 11.9 Å². The van der Waals surface area contributed by atoms with Crippen LogP contribution in [0, 0.1) is 10.1 Å². The van der Waals surface area contributed by atoms with E-state index in [4.69, 9.17) is 4.74 Å². The second kappa shape index (κ2) is 3.14. The fraction of sp³-hybridized carbons (Fsp3) is 0.571. The van der Waals surface area contributed by atoms with Gasteiger partial charge in [-0.25, -0.2) is 0 Å². The van der Waals surface area contributed by atoms with Crippen LogP contribution in [0.5, 0.6) is 0 Å². The molecular formula is C7H9N3O3. The highest BCUT2D eigenvalue weighted by molar-refractivity contribution is 5.14. The van der Waals surface area contributed by atoms with Crippen LogP contribution in [0.3, 0.4) is 0 Å². The third-order valence-corrected chi connectivity index (χ3v) is 2.06. The molecule has 1 aromatic heterocycles. The summed E-state index contributed by atoms with van der Waals surface area (Å²) in [6.07, 6.45) is 2.50. The lowest BCUT2D eigenvalue weighted by Gasteiger charge is -2.01. The lowest BCUT2D eigenvalue weighted by Crippen LogP contribution is -2.09. The number of hydrogen-bond acceptors (Lipinski definition) is 4. The molecule has 1 aliphatic rings. The van der Waals surface area contributed by atoms with Crippen LogP contribution in [0.1, 0.15) is 12.5 Å². The molecule has 70 valence electrons. The molecule has 0 saturated carbocycles. The van der Waals surface area contributed by atoms with Crippen molar-refractivity contribution in [3.05, 3.63) is 22.4 Å². The summed E-state index contributed by atoms with van der Waals surface area (Å²) in [6, 6.07) is 1.56. The third kappa shape index (κ3) is 1.52. The van der Waals surface area contributed by atoms with Crippen molar-refractivity contribution in [1.82, 2.24) is 9.78 Å². The van der Waals surface area contributed by atoms with Gasteiger partial charge in [-0.3, -0.25) is 0 Å². The Morgan fingerprint density at radius 2 is 2.62 bits per heavy atom. The van der Waals surface area contributed by atoms with Crippen LogP contribution in [-0.2, 0) is 4.74 Å². The minimum atomic E-state index is -0.494. The van der Waals surface area contributed by atoms with E-state index >= 15 is 0 Å². The Labute approximate surface area is 74.3 Å². The molecule has 1 aromatic rings. The van der Waals surface area contributed by atoms with Gasteiger partial charge in [0, 0.05) is 6.61 Å². The van der Waals surface area contributed by atoms with Gasteiger partial charge in [0.05, 0.1) is 30.0 Å². The second-order valence-electron chi connectivity index (χ2n) is 2.93. The van der Waals surface area contributed by atoms with Crippen molar-refractivity contribution in [1.29, 1.82) is 0 Å². The lowest BCUT2D eigenvalue weighted by atomic mass is 10.3. The Morgan fingerprint density at radius 3 is 3.15 bits per heavy atom. The zero-order valence-corrected chi connectivity index (χ0v) is 6.92. The first-order chi connectivity index (χ1) is 6.27.